The van der Waals surface area contributed by atoms with Crippen LogP contribution in [0.4, 0.5) is 5.69 Å². The van der Waals surface area contributed by atoms with Crippen LogP contribution in [0, 0.1) is 6.92 Å². The summed E-state index contributed by atoms with van der Waals surface area (Å²) in [6.07, 6.45) is 1.88. The lowest BCUT2D eigenvalue weighted by Gasteiger charge is -2.07. The Balaban J connectivity index is 2.20. The number of carbonyl (C=O) groups excluding carboxylic acids is 1. The molecular weight excluding hydrogens is 292 g/mol. The Kier molecular flexibility index (Phi) is 3.70. The molecule has 2 N–H and O–H groups in total. The van der Waals surface area contributed by atoms with Gasteiger partial charge in [0.1, 0.15) is 5.75 Å². The number of ether oxygens (including phenoxy) is 2. The third kappa shape index (κ3) is 2.30. The van der Waals surface area contributed by atoms with Gasteiger partial charge in [0.2, 0.25) is 5.88 Å². The van der Waals surface area contributed by atoms with Crippen molar-refractivity contribution >= 4 is 17.0 Å². The number of hydrogen-bond donors (Lipinski definition) is 1. The summed E-state index contributed by atoms with van der Waals surface area (Å²) in [5.74, 6) is 1.06. The first-order valence-electron chi connectivity index (χ1n) is 7.20. The molecule has 0 atom stereocenters. The molecule has 2 aromatic heterocycles. The van der Waals surface area contributed by atoms with Gasteiger partial charge in [0, 0.05) is 17.3 Å². The van der Waals surface area contributed by atoms with Gasteiger partial charge >= 0.3 is 0 Å². The van der Waals surface area contributed by atoms with Crippen molar-refractivity contribution in [3.05, 3.63) is 59.3 Å². The second-order valence-corrected chi connectivity index (χ2v) is 5.25. The molecule has 0 amide bonds. The van der Waals surface area contributed by atoms with E-state index in [1.54, 1.807) is 25.3 Å². The summed E-state index contributed by atoms with van der Waals surface area (Å²) in [4.78, 5) is 13.0. The molecule has 2 heterocycles. The second kappa shape index (κ2) is 5.68. The van der Waals surface area contributed by atoms with Crippen LogP contribution in [0.5, 0.6) is 11.6 Å². The third-order valence-electron chi connectivity index (χ3n) is 3.95. The van der Waals surface area contributed by atoms with E-state index in [1.165, 1.54) is 7.11 Å². The number of carbonyl (C=O) groups is 1. The lowest BCUT2D eigenvalue weighted by atomic mass is 10.0. The first-order valence-corrected chi connectivity index (χ1v) is 7.20. The number of nitrogens with two attached hydrogens (primary N) is 1. The van der Waals surface area contributed by atoms with Crippen molar-refractivity contribution in [2.75, 3.05) is 20.0 Å². The quantitative estimate of drug-likeness (QED) is 0.594. The molecule has 0 aliphatic rings. The fraction of sp³-hybridized carbons (Fsp3) is 0.167. The fourth-order valence-electron chi connectivity index (χ4n) is 2.84. The number of methoxy groups -OCH3 is 2. The van der Waals surface area contributed by atoms with Crippen molar-refractivity contribution in [3.8, 4) is 11.6 Å². The molecule has 0 saturated carbocycles. The number of aromatic nitrogens is 1. The molecule has 5 nitrogen and oxygen atoms in total. The van der Waals surface area contributed by atoms with Gasteiger partial charge in [-0.05, 0) is 37.3 Å². The smallest absolute Gasteiger partial charge is 0.201 e. The molecule has 3 rings (SSSR count). The Morgan fingerprint density at radius 1 is 1.13 bits per heavy atom. The van der Waals surface area contributed by atoms with Crippen LogP contribution >= 0.6 is 0 Å². The van der Waals surface area contributed by atoms with Crippen LogP contribution in [0.1, 0.15) is 21.5 Å². The Bertz CT molecular complexity index is 897. The molecule has 23 heavy (non-hydrogen) atoms. The van der Waals surface area contributed by atoms with Crippen LogP contribution in [-0.4, -0.2) is 24.4 Å². The largest absolute Gasteiger partial charge is 0.495 e. The van der Waals surface area contributed by atoms with Crippen molar-refractivity contribution in [2.24, 2.45) is 0 Å². The summed E-state index contributed by atoms with van der Waals surface area (Å²) in [5.41, 5.74) is 9.08. The van der Waals surface area contributed by atoms with Gasteiger partial charge in [-0.3, -0.25) is 9.20 Å². The van der Waals surface area contributed by atoms with Gasteiger partial charge in [0.25, 0.3) is 0 Å². The average Bonchev–Trinajstić information content (AvgIpc) is 2.85. The number of benzene rings is 1. The molecule has 3 aromatic rings. The van der Waals surface area contributed by atoms with E-state index < -0.39 is 0 Å². The maximum absolute atomic E-state index is 13.0. The zero-order valence-corrected chi connectivity index (χ0v) is 13.3. The second-order valence-electron chi connectivity index (χ2n) is 5.25. The van der Waals surface area contributed by atoms with E-state index in [-0.39, 0.29) is 5.78 Å². The maximum atomic E-state index is 13.0. The molecule has 0 aliphatic carbocycles. The first kappa shape index (κ1) is 15.0. The van der Waals surface area contributed by atoms with Gasteiger partial charge in [0.05, 0.1) is 31.0 Å². The molecule has 0 radical (unpaired) electrons. The first-order chi connectivity index (χ1) is 11.1. The minimum Gasteiger partial charge on any atom is -0.495 e. The van der Waals surface area contributed by atoms with Crippen molar-refractivity contribution in [3.63, 3.8) is 0 Å². The molecule has 5 heteroatoms. The number of pyridine rings is 1. The Morgan fingerprint density at radius 2 is 1.91 bits per heavy atom. The number of nitrogens with zero attached hydrogens (tertiary/aromatic N) is 1. The molecule has 0 bridgehead atoms. The normalized spacial score (nSPS) is 10.7. The van der Waals surface area contributed by atoms with E-state index in [0.717, 1.165) is 11.1 Å². The molecule has 0 unspecified atom stereocenters. The number of rotatable bonds is 4. The van der Waals surface area contributed by atoms with Crippen LogP contribution in [-0.2, 0) is 0 Å². The third-order valence-corrected chi connectivity index (χ3v) is 3.95. The summed E-state index contributed by atoms with van der Waals surface area (Å²) >= 11 is 0. The van der Waals surface area contributed by atoms with E-state index in [1.807, 2.05) is 35.7 Å². The monoisotopic (exact) mass is 310 g/mol. The van der Waals surface area contributed by atoms with Crippen LogP contribution in [0.2, 0.25) is 0 Å². The minimum atomic E-state index is -0.0900. The van der Waals surface area contributed by atoms with Crippen LogP contribution in [0.3, 0.4) is 0 Å². The van der Waals surface area contributed by atoms with Gasteiger partial charge < -0.3 is 15.2 Å². The molecule has 1 aromatic carbocycles. The summed E-state index contributed by atoms with van der Waals surface area (Å²) < 4.78 is 12.5. The van der Waals surface area contributed by atoms with Crippen LogP contribution in [0.25, 0.3) is 5.52 Å². The fourth-order valence-corrected chi connectivity index (χ4v) is 2.84. The van der Waals surface area contributed by atoms with Crippen molar-refractivity contribution < 1.29 is 14.3 Å². The van der Waals surface area contributed by atoms with Gasteiger partial charge in [-0.2, -0.15) is 0 Å². The number of ketones is 1. The zero-order chi connectivity index (χ0) is 16.6. The topological polar surface area (TPSA) is 66.0 Å². The van der Waals surface area contributed by atoms with E-state index in [2.05, 4.69) is 0 Å². The predicted octanol–water partition coefficient (Wildman–Crippen LogP) is 3.08. The number of anilines is 1. The highest BCUT2D eigenvalue weighted by atomic mass is 16.5. The van der Waals surface area contributed by atoms with Gasteiger partial charge in [-0.25, -0.2) is 0 Å². The molecular formula is C18H18N2O3. The van der Waals surface area contributed by atoms with Crippen LogP contribution < -0.4 is 15.2 Å². The predicted molar refractivity (Wildman–Crippen MR) is 89.5 cm³/mol. The number of fused-ring (bicyclic) bond motifs is 1. The molecule has 0 spiro atoms. The molecule has 0 saturated heterocycles. The van der Waals surface area contributed by atoms with E-state index in [4.69, 9.17) is 15.2 Å². The zero-order valence-electron chi connectivity index (χ0n) is 13.3. The van der Waals surface area contributed by atoms with Gasteiger partial charge in [0.15, 0.2) is 5.78 Å². The van der Waals surface area contributed by atoms with Gasteiger partial charge in [-0.15, -0.1) is 0 Å². The van der Waals surface area contributed by atoms with E-state index in [9.17, 15) is 4.79 Å². The molecule has 0 fully saturated rings. The lowest BCUT2D eigenvalue weighted by molar-refractivity contribution is 0.103. The average molecular weight is 310 g/mol. The van der Waals surface area contributed by atoms with Crippen LogP contribution in [0.15, 0.2) is 42.6 Å². The summed E-state index contributed by atoms with van der Waals surface area (Å²) in [7, 11) is 3.13. The van der Waals surface area contributed by atoms with E-state index in [0.29, 0.717) is 28.4 Å². The van der Waals surface area contributed by atoms with Crippen molar-refractivity contribution in [1.29, 1.82) is 0 Å². The highest BCUT2D eigenvalue weighted by molar-refractivity contribution is 6.15. The number of hydrogen-bond acceptors (Lipinski definition) is 4. The summed E-state index contributed by atoms with van der Waals surface area (Å²) in [6.45, 7) is 1.88. The number of nitrogen functional groups attached to an aromatic ring is 1. The van der Waals surface area contributed by atoms with Gasteiger partial charge in [-0.1, -0.05) is 6.07 Å². The minimum absolute atomic E-state index is 0.0900. The molecule has 118 valence electrons. The van der Waals surface area contributed by atoms with E-state index >= 15 is 0 Å². The maximum Gasteiger partial charge on any atom is 0.201 e. The Hall–Kier alpha value is -2.95. The lowest BCUT2D eigenvalue weighted by Crippen LogP contribution is -2.04. The standard InChI is InChI=1S/C18H18N2O3/c1-11-16(14-6-4-5-9-20(14)18(11)23-3)17(21)12-7-8-13(19)15(10-12)22-2/h4-10H,19H2,1-3H3. The Labute approximate surface area is 134 Å². The highest BCUT2D eigenvalue weighted by Gasteiger charge is 2.22. The Morgan fingerprint density at radius 3 is 2.61 bits per heavy atom. The van der Waals surface area contributed by atoms with Crippen molar-refractivity contribution in [2.45, 2.75) is 6.92 Å². The molecule has 0 aliphatic heterocycles. The highest BCUT2D eigenvalue weighted by Crippen LogP contribution is 2.32. The SMILES string of the molecule is COc1cc(C(=O)c2c(C)c(OC)n3ccccc23)ccc1N. The van der Waals surface area contributed by atoms with Crippen molar-refractivity contribution in [1.82, 2.24) is 4.40 Å². The summed E-state index contributed by atoms with van der Waals surface area (Å²) in [6, 6.07) is 10.7. The summed E-state index contributed by atoms with van der Waals surface area (Å²) in [5, 5.41) is 0.